The number of carbonyl (C=O) groups is 1. The van der Waals surface area contributed by atoms with Crippen LogP contribution in [0.15, 0.2) is 47.9 Å². The molecule has 1 atom stereocenters. The van der Waals surface area contributed by atoms with Gasteiger partial charge < -0.3 is 4.90 Å². The zero-order chi connectivity index (χ0) is 14.7. The molecule has 21 heavy (non-hydrogen) atoms. The molecule has 0 radical (unpaired) electrons. The van der Waals surface area contributed by atoms with Crippen molar-refractivity contribution in [2.75, 3.05) is 6.54 Å². The molecule has 0 N–H and O–H groups in total. The number of carbonyl (C=O) groups excluding carboxylic acids is 1. The third kappa shape index (κ3) is 3.24. The van der Waals surface area contributed by atoms with Crippen molar-refractivity contribution in [3.63, 3.8) is 0 Å². The predicted octanol–water partition coefficient (Wildman–Crippen LogP) is 2.54. The monoisotopic (exact) mass is 299 g/mol. The number of benzene rings is 1. The highest BCUT2D eigenvalue weighted by molar-refractivity contribution is 8.00. The summed E-state index contributed by atoms with van der Waals surface area (Å²) in [5, 5.41) is 0.480. The summed E-state index contributed by atoms with van der Waals surface area (Å²) in [5.74, 6) is 0.155. The second-order valence-electron chi connectivity index (χ2n) is 5.07. The molecule has 4 nitrogen and oxygen atoms in total. The lowest BCUT2D eigenvalue weighted by atomic mass is 10.00. The Bertz CT molecular complexity index is 632. The van der Waals surface area contributed by atoms with Crippen molar-refractivity contribution in [1.82, 2.24) is 14.9 Å². The zero-order valence-electron chi connectivity index (χ0n) is 11.9. The van der Waals surface area contributed by atoms with Crippen LogP contribution in [0.1, 0.15) is 18.1 Å². The van der Waals surface area contributed by atoms with Crippen molar-refractivity contribution in [3.05, 3.63) is 53.9 Å². The summed E-state index contributed by atoms with van der Waals surface area (Å²) < 4.78 is 0. The first-order chi connectivity index (χ1) is 10.2. The first kappa shape index (κ1) is 14.1. The standard InChI is InChI=1S/C16H17N3OS/c1-12(21-16-17-8-4-9-18-16)15(20)19-10-7-13-5-2-3-6-14(13)11-19/h2-6,8-9,12H,7,10-11H2,1H3. The van der Waals surface area contributed by atoms with Crippen LogP contribution < -0.4 is 0 Å². The Morgan fingerprint density at radius 1 is 1.19 bits per heavy atom. The summed E-state index contributed by atoms with van der Waals surface area (Å²) in [6.07, 6.45) is 4.33. The van der Waals surface area contributed by atoms with E-state index in [-0.39, 0.29) is 11.2 Å². The van der Waals surface area contributed by atoms with Crippen LogP contribution in [0.5, 0.6) is 0 Å². The molecule has 0 saturated carbocycles. The van der Waals surface area contributed by atoms with Crippen molar-refractivity contribution >= 4 is 17.7 Å². The van der Waals surface area contributed by atoms with Gasteiger partial charge in [-0.2, -0.15) is 0 Å². The number of rotatable bonds is 3. The number of fused-ring (bicyclic) bond motifs is 1. The van der Waals surface area contributed by atoms with Gasteiger partial charge in [0.05, 0.1) is 5.25 Å². The van der Waals surface area contributed by atoms with Gasteiger partial charge in [-0.15, -0.1) is 0 Å². The fraction of sp³-hybridized carbons (Fsp3) is 0.312. The highest BCUT2D eigenvalue weighted by Crippen LogP contribution is 2.24. The molecule has 2 aromatic rings. The maximum absolute atomic E-state index is 12.6. The second kappa shape index (κ2) is 6.26. The van der Waals surface area contributed by atoms with Gasteiger partial charge in [0.1, 0.15) is 0 Å². The molecule has 1 aromatic heterocycles. The highest BCUT2D eigenvalue weighted by atomic mass is 32.2. The number of hydrogen-bond donors (Lipinski definition) is 0. The van der Waals surface area contributed by atoms with E-state index < -0.39 is 0 Å². The van der Waals surface area contributed by atoms with Crippen LogP contribution in [0.4, 0.5) is 0 Å². The van der Waals surface area contributed by atoms with Gasteiger partial charge in [-0.1, -0.05) is 36.0 Å². The Labute approximate surface area is 128 Å². The minimum Gasteiger partial charge on any atom is -0.337 e. The first-order valence-electron chi connectivity index (χ1n) is 7.03. The number of hydrogen-bond acceptors (Lipinski definition) is 4. The van der Waals surface area contributed by atoms with Crippen LogP contribution in [0.3, 0.4) is 0 Å². The molecule has 0 fully saturated rings. The quantitative estimate of drug-likeness (QED) is 0.645. The Morgan fingerprint density at radius 2 is 1.90 bits per heavy atom. The predicted molar refractivity (Wildman–Crippen MR) is 82.9 cm³/mol. The summed E-state index contributed by atoms with van der Waals surface area (Å²) in [5.41, 5.74) is 2.61. The number of nitrogens with zero attached hydrogens (tertiary/aromatic N) is 3. The lowest BCUT2D eigenvalue weighted by Crippen LogP contribution is -2.40. The van der Waals surface area contributed by atoms with E-state index in [1.807, 2.05) is 17.9 Å². The fourth-order valence-corrected chi connectivity index (χ4v) is 3.31. The van der Waals surface area contributed by atoms with Gasteiger partial charge in [-0.3, -0.25) is 4.79 Å². The van der Waals surface area contributed by atoms with Crippen molar-refractivity contribution in [2.24, 2.45) is 0 Å². The van der Waals surface area contributed by atoms with Crippen LogP contribution in [-0.4, -0.2) is 32.6 Å². The maximum Gasteiger partial charge on any atom is 0.236 e. The zero-order valence-corrected chi connectivity index (χ0v) is 12.7. The third-order valence-electron chi connectivity index (χ3n) is 3.61. The Kier molecular flexibility index (Phi) is 4.20. The van der Waals surface area contributed by atoms with E-state index in [4.69, 9.17) is 0 Å². The van der Waals surface area contributed by atoms with E-state index in [9.17, 15) is 4.79 Å². The molecule has 0 bridgehead atoms. The molecular weight excluding hydrogens is 282 g/mol. The van der Waals surface area contributed by atoms with E-state index in [0.29, 0.717) is 11.7 Å². The van der Waals surface area contributed by atoms with E-state index in [1.165, 1.54) is 22.9 Å². The topological polar surface area (TPSA) is 46.1 Å². The first-order valence-corrected chi connectivity index (χ1v) is 7.91. The second-order valence-corrected chi connectivity index (χ2v) is 6.38. The van der Waals surface area contributed by atoms with Crippen LogP contribution in [-0.2, 0) is 17.8 Å². The molecule has 5 heteroatoms. The molecule has 1 amide bonds. The molecule has 1 aliphatic rings. The van der Waals surface area contributed by atoms with Gasteiger partial charge in [0.25, 0.3) is 0 Å². The average molecular weight is 299 g/mol. The van der Waals surface area contributed by atoms with Gasteiger partial charge in [-0.05, 0) is 30.5 Å². The molecule has 1 aromatic carbocycles. The molecule has 0 spiro atoms. The van der Waals surface area contributed by atoms with Gasteiger partial charge >= 0.3 is 0 Å². The smallest absolute Gasteiger partial charge is 0.236 e. The van der Waals surface area contributed by atoms with Crippen LogP contribution in [0.2, 0.25) is 0 Å². The Balaban J connectivity index is 1.66. The van der Waals surface area contributed by atoms with E-state index in [2.05, 4.69) is 28.2 Å². The van der Waals surface area contributed by atoms with Gasteiger partial charge in [0.2, 0.25) is 5.91 Å². The molecule has 1 unspecified atom stereocenters. The maximum atomic E-state index is 12.6. The molecular formula is C16H17N3OS. The molecule has 1 aliphatic heterocycles. The van der Waals surface area contributed by atoms with Gasteiger partial charge in [-0.25, -0.2) is 9.97 Å². The minimum absolute atomic E-state index is 0.155. The van der Waals surface area contributed by atoms with Gasteiger partial charge in [0, 0.05) is 25.5 Å². The van der Waals surface area contributed by atoms with Crippen LogP contribution in [0, 0.1) is 0 Å². The summed E-state index contributed by atoms with van der Waals surface area (Å²) in [6.45, 7) is 3.41. The van der Waals surface area contributed by atoms with Crippen LogP contribution in [0.25, 0.3) is 0 Å². The summed E-state index contributed by atoms with van der Waals surface area (Å²) in [7, 11) is 0. The van der Waals surface area contributed by atoms with Crippen molar-refractivity contribution in [2.45, 2.75) is 30.3 Å². The van der Waals surface area contributed by atoms with Crippen molar-refractivity contribution < 1.29 is 4.79 Å². The van der Waals surface area contributed by atoms with E-state index in [1.54, 1.807) is 18.5 Å². The molecule has 3 rings (SSSR count). The summed E-state index contributed by atoms with van der Waals surface area (Å²) >= 11 is 1.41. The normalized spacial score (nSPS) is 15.4. The number of aromatic nitrogens is 2. The Hall–Kier alpha value is -1.88. The molecule has 0 saturated heterocycles. The largest absolute Gasteiger partial charge is 0.337 e. The van der Waals surface area contributed by atoms with E-state index >= 15 is 0 Å². The lowest BCUT2D eigenvalue weighted by molar-refractivity contribution is -0.131. The summed E-state index contributed by atoms with van der Waals surface area (Å²) in [6, 6.07) is 10.1. The third-order valence-corrected chi connectivity index (χ3v) is 4.59. The summed E-state index contributed by atoms with van der Waals surface area (Å²) in [4.78, 5) is 22.8. The Morgan fingerprint density at radius 3 is 2.67 bits per heavy atom. The van der Waals surface area contributed by atoms with Gasteiger partial charge in [0.15, 0.2) is 5.16 Å². The number of thioether (sulfide) groups is 1. The number of amides is 1. The molecule has 108 valence electrons. The average Bonchev–Trinajstić information content (AvgIpc) is 2.54. The lowest BCUT2D eigenvalue weighted by Gasteiger charge is -2.30. The fourth-order valence-electron chi connectivity index (χ4n) is 2.50. The highest BCUT2D eigenvalue weighted by Gasteiger charge is 2.25. The molecule has 0 aliphatic carbocycles. The SMILES string of the molecule is CC(Sc1ncccn1)C(=O)N1CCc2ccccc2C1. The van der Waals surface area contributed by atoms with Crippen LogP contribution >= 0.6 is 11.8 Å². The van der Waals surface area contributed by atoms with Crippen molar-refractivity contribution in [3.8, 4) is 0 Å². The van der Waals surface area contributed by atoms with Crippen molar-refractivity contribution in [1.29, 1.82) is 0 Å². The molecule has 2 heterocycles. The van der Waals surface area contributed by atoms with E-state index in [0.717, 1.165) is 13.0 Å². The minimum atomic E-state index is -0.169.